The number of aliphatic hydroxyl groups excluding tert-OH is 1. The number of ether oxygens (including phenoxy) is 1. The van der Waals surface area contributed by atoms with Gasteiger partial charge in [-0.25, -0.2) is 0 Å². The fourth-order valence-electron chi connectivity index (χ4n) is 3.25. The molecule has 1 N–H and O–H groups in total. The predicted molar refractivity (Wildman–Crippen MR) is 69.0 cm³/mol. The molecule has 4 atom stereocenters. The summed E-state index contributed by atoms with van der Waals surface area (Å²) in [6, 6.07) is 0.512. The summed E-state index contributed by atoms with van der Waals surface area (Å²) < 4.78 is 5.47. The summed E-state index contributed by atoms with van der Waals surface area (Å²) in [7, 11) is 0. The SMILES string of the molecule is CCC1CCC(O)C(CN2CCOCC2C)C1. The number of rotatable bonds is 3. The molecule has 0 aromatic rings. The standard InChI is InChI=1S/C14H27NO2/c1-3-12-4-5-14(16)13(8-12)9-15-6-7-17-10-11(15)2/h11-14,16H,3-10H2,1-2H3. The third kappa shape index (κ3) is 3.43. The maximum absolute atomic E-state index is 10.1. The first-order valence-corrected chi connectivity index (χ1v) is 7.20. The Hall–Kier alpha value is -0.120. The second-order valence-corrected chi connectivity index (χ2v) is 5.83. The van der Waals surface area contributed by atoms with Crippen LogP contribution in [0.3, 0.4) is 0 Å². The van der Waals surface area contributed by atoms with E-state index in [9.17, 15) is 5.11 Å². The fourth-order valence-corrected chi connectivity index (χ4v) is 3.25. The molecule has 100 valence electrons. The Morgan fingerprint density at radius 3 is 2.88 bits per heavy atom. The average molecular weight is 241 g/mol. The molecule has 2 rings (SSSR count). The van der Waals surface area contributed by atoms with Crippen molar-refractivity contribution < 1.29 is 9.84 Å². The van der Waals surface area contributed by atoms with Crippen LogP contribution in [0.15, 0.2) is 0 Å². The quantitative estimate of drug-likeness (QED) is 0.819. The van der Waals surface area contributed by atoms with E-state index in [0.717, 1.165) is 38.6 Å². The molecule has 2 fully saturated rings. The van der Waals surface area contributed by atoms with Gasteiger partial charge in [0.1, 0.15) is 0 Å². The number of hydrogen-bond donors (Lipinski definition) is 1. The summed E-state index contributed by atoms with van der Waals surface area (Å²) >= 11 is 0. The molecule has 4 unspecified atom stereocenters. The molecule has 3 heteroatoms. The Morgan fingerprint density at radius 1 is 1.35 bits per heavy atom. The molecule has 0 radical (unpaired) electrons. The second kappa shape index (κ2) is 6.17. The summed E-state index contributed by atoms with van der Waals surface area (Å²) in [5.74, 6) is 1.31. The van der Waals surface area contributed by atoms with E-state index in [1.165, 1.54) is 19.3 Å². The van der Waals surface area contributed by atoms with E-state index >= 15 is 0 Å². The van der Waals surface area contributed by atoms with E-state index in [4.69, 9.17) is 4.74 Å². The lowest BCUT2D eigenvalue weighted by atomic mass is 9.78. The summed E-state index contributed by atoms with van der Waals surface area (Å²) in [5.41, 5.74) is 0. The lowest BCUT2D eigenvalue weighted by molar-refractivity contribution is -0.0332. The molecule has 0 bridgehead atoms. The van der Waals surface area contributed by atoms with Crippen molar-refractivity contribution in [3.8, 4) is 0 Å². The van der Waals surface area contributed by atoms with E-state index in [1.54, 1.807) is 0 Å². The van der Waals surface area contributed by atoms with Crippen LogP contribution in [0, 0.1) is 11.8 Å². The Labute approximate surface area is 105 Å². The first-order valence-electron chi connectivity index (χ1n) is 7.20. The molecule has 3 nitrogen and oxygen atoms in total. The van der Waals surface area contributed by atoms with E-state index in [2.05, 4.69) is 18.7 Å². The fraction of sp³-hybridized carbons (Fsp3) is 1.00. The van der Waals surface area contributed by atoms with Gasteiger partial charge in [-0.2, -0.15) is 0 Å². The minimum absolute atomic E-state index is 0.0761. The Balaban J connectivity index is 1.87. The van der Waals surface area contributed by atoms with Crippen LogP contribution in [0.1, 0.15) is 39.5 Å². The van der Waals surface area contributed by atoms with Crippen molar-refractivity contribution >= 4 is 0 Å². The summed E-state index contributed by atoms with van der Waals surface area (Å²) in [5, 5.41) is 10.1. The molecule has 0 amide bonds. The number of hydrogen-bond acceptors (Lipinski definition) is 3. The van der Waals surface area contributed by atoms with Gasteiger partial charge < -0.3 is 9.84 Å². The highest BCUT2D eigenvalue weighted by Crippen LogP contribution is 2.32. The van der Waals surface area contributed by atoms with Gasteiger partial charge in [0, 0.05) is 19.1 Å². The topological polar surface area (TPSA) is 32.7 Å². The zero-order valence-electron chi connectivity index (χ0n) is 11.3. The van der Waals surface area contributed by atoms with Crippen molar-refractivity contribution in [3.63, 3.8) is 0 Å². The van der Waals surface area contributed by atoms with Gasteiger partial charge in [0.2, 0.25) is 0 Å². The number of morpholine rings is 1. The Kier molecular flexibility index (Phi) is 4.83. The van der Waals surface area contributed by atoms with Crippen molar-refractivity contribution in [1.82, 2.24) is 4.90 Å². The molecule has 1 heterocycles. The minimum Gasteiger partial charge on any atom is -0.393 e. The highest BCUT2D eigenvalue weighted by Gasteiger charge is 2.31. The van der Waals surface area contributed by atoms with Crippen LogP contribution in [0.2, 0.25) is 0 Å². The van der Waals surface area contributed by atoms with Gasteiger partial charge in [-0.3, -0.25) is 4.90 Å². The highest BCUT2D eigenvalue weighted by atomic mass is 16.5. The van der Waals surface area contributed by atoms with E-state index in [0.29, 0.717) is 12.0 Å². The summed E-state index contributed by atoms with van der Waals surface area (Å²) in [6.45, 7) is 8.29. The molecule has 2 aliphatic rings. The maximum Gasteiger partial charge on any atom is 0.0619 e. The molecule has 0 aromatic carbocycles. The summed E-state index contributed by atoms with van der Waals surface area (Å²) in [6.07, 6.45) is 4.62. The van der Waals surface area contributed by atoms with Gasteiger partial charge in [-0.05, 0) is 38.0 Å². The number of nitrogens with zero attached hydrogens (tertiary/aromatic N) is 1. The van der Waals surface area contributed by atoms with Crippen molar-refractivity contribution in [2.75, 3.05) is 26.3 Å². The molecule has 17 heavy (non-hydrogen) atoms. The van der Waals surface area contributed by atoms with Gasteiger partial charge in [0.25, 0.3) is 0 Å². The third-order valence-corrected chi connectivity index (χ3v) is 4.60. The van der Waals surface area contributed by atoms with E-state index in [1.807, 2.05) is 0 Å². The van der Waals surface area contributed by atoms with Crippen LogP contribution in [0.4, 0.5) is 0 Å². The third-order valence-electron chi connectivity index (χ3n) is 4.60. The monoisotopic (exact) mass is 241 g/mol. The van der Waals surface area contributed by atoms with Crippen molar-refractivity contribution in [1.29, 1.82) is 0 Å². The number of aliphatic hydroxyl groups is 1. The summed E-state index contributed by atoms with van der Waals surface area (Å²) in [4.78, 5) is 2.50. The zero-order chi connectivity index (χ0) is 12.3. The van der Waals surface area contributed by atoms with Crippen LogP contribution in [0.5, 0.6) is 0 Å². The van der Waals surface area contributed by atoms with Gasteiger partial charge in [0.05, 0.1) is 19.3 Å². The van der Waals surface area contributed by atoms with Crippen LogP contribution in [-0.4, -0.2) is 48.5 Å². The molecule has 0 spiro atoms. The van der Waals surface area contributed by atoms with Crippen molar-refractivity contribution in [2.45, 2.75) is 51.7 Å². The predicted octanol–water partition coefficient (Wildman–Crippen LogP) is 1.89. The maximum atomic E-state index is 10.1. The van der Waals surface area contributed by atoms with Crippen LogP contribution in [-0.2, 0) is 4.74 Å². The zero-order valence-corrected chi connectivity index (χ0v) is 11.3. The first-order chi connectivity index (χ1) is 8.20. The largest absolute Gasteiger partial charge is 0.393 e. The van der Waals surface area contributed by atoms with Crippen LogP contribution >= 0.6 is 0 Å². The van der Waals surface area contributed by atoms with Gasteiger partial charge in [-0.1, -0.05) is 13.3 Å². The van der Waals surface area contributed by atoms with Crippen LogP contribution < -0.4 is 0 Å². The second-order valence-electron chi connectivity index (χ2n) is 5.83. The van der Waals surface area contributed by atoms with Crippen molar-refractivity contribution in [2.24, 2.45) is 11.8 Å². The van der Waals surface area contributed by atoms with Gasteiger partial charge >= 0.3 is 0 Å². The Morgan fingerprint density at radius 2 is 2.18 bits per heavy atom. The minimum atomic E-state index is -0.0761. The molecule has 1 aliphatic carbocycles. The lowest BCUT2D eigenvalue weighted by Gasteiger charge is -2.40. The van der Waals surface area contributed by atoms with Crippen LogP contribution in [0.25, 0.3) is 0 Å². The molecular weight excluding hydrogens is 214 g/mol. The lowest BCUT2D eigenvalue weighted by Crippen LogP contribution is -2.48. The van der Waals surface area contributed by atoms with Gasteiger partial charge in [-0.15, -0.1) is 0 Å². The molecule has 0 aromatic heterocycles. The molecular formula is C14H27NO2. The molecule has 1 aliphatic heterocycles. The normalized spacial score (nSPS) is 40.4. The highest BCUT2D eigenvalue weighted by molar-refractivity contribution is 4.83. The molecule has 1 saturated carbocycles. The smallest absolute Gasteiger partial charge is 0.0619 e. The van der Waals surface area contributed by atoms with Crippen molar-refractivity contribution in [3.05, 3.63) is 0 Å². The Bertz CT molecular complexity index is 234. The van der Waals surface area contributed by atoms with Gasteiger partial charge in [0.15, 0.2) is 0 Å². The molecule has 1 saturated heterocycles. The van der Waals surface area contributed by atoms with E-state index in [-0.39, 0.29) is 6.10 Å². The van der Waals surface area contributed by atoms with E-state index < -0.39 is 0 Å². The average Bonchev–Trinajstić information content (AvgIpc) is 2.35. The first kappa shape index (κ1) is 13.3.